The van der Waals surface area contributed by atoms with Crippen molar-refractivity contribution >= 4 is 16.7 Å². The molecular weight excluding hydrogens is 260 g/mol. The van der Waals surface area contributed by atoms with E-state index in [0.717, 1.165) is 29.6 Å². The minimum atomic E-state index is 0.209. The van der Waals surface area contributed by atoms with Crippen molar-refractivity contribution in [1.82, 2.24) is 9.88 Å². The molecule has 21 heavy (non-hydrogen) atoms. The quantitative estimate of drug-likeness (QED) is 0.741. The molecule has 1 N–H and O–H groups in total. The van der Waals surface area contributed by atoms with E-state index in [1.54, 1.807) is 0 Å². The average molecular weight is 286 g/mol. The first-order valence-electron chi connectivity index (χ1n) is 8.01. The van der Waals surface area contributed by atoms with Gasteiger partial charge in [0, 0.05) is 29.2 Å². The van der Waals surface area contributed by atoms with Crippen molar-refractivity contribution < 1.29 is 4.79 Å². The molecule has 0 atom stereocenters. The molecule has 0 fully saturated rings. The van der Waals surface area contributed by atoms with Gasteiger partial charge in [-0.25, -0.2) is 0 Å². The first kappa shape index (κ1) is 15.8. The number of carbonyl (C=O) groups is 1. The Balaban J connectivity index is 2.09. The first-order valence-corrected chi connectivity index (χ1v) is 8.01. The van der Waals surface area contributed by atoms with E-state index < -0.39 is 0 Å². The number of benzene rings is 1. The number of ketones is 1. The maximum atomic E-state index is 12.6. The van der Waals surface area contributed by atoms with Crippen molar-refractivity contribution in [2.75, 3.05) is 19.6 Å². The van der Waals surface area contributed by atoms with Crippen LogP contribution in [-0.4, -0.2) is 35.3 Å². The van der Waals surface area contributed by atoms with Gasteiger partial charge < -0.3 is 4.98 Å². The zero-order valence-electron chi connectivity index (χ0n) is 13.4. The minimum Gasteiger partial charge on any atom is -0.360 e. The summed E-state index contributed by atoms with van der Waals surface area (Å²) < 4.78 is 0. The normalized spacial score (nSPS) is 11.7. The van der Waals surface area contributed by atoms with Gasteiger partial charge in [0.05, 0.1) is 6.54 Å². The Morgan fingerprint density at radius 2 is 1.90 bits per heavy atom. The van der Waals surface area contributed by atoms with E-state index in [4.69, 9.17) is 0 Å². The minimum absolute atomic E-state index is 0.209. The van der Waals surface area contributed by atoms with Crippen LogP contribution in [0.25, 0.3) is 10.9 Å². The molecule has 1 aromatic heterocycles. The standard InChI is InChI=1S/C18H26N2O/c1-4-14(5-2)12-20(6-3)13-18(21)16-11-19-17-10-8-7-9-15(16)17/h7-11,14,19H,4-6,12-13H2,1-3H3. The number of Topliss-reactive ketones (excluding diaryl/α,β-unsaturated/α-hetero) is 1. The summed E-state index contributed by atoms with van der Waals surface area (Å²) in [5, 5.41) is 1.03. The molecule has 0 spiro atoms. The van der Waals surface area contributed by atoms with Crippen LogP contribution in [0.5, 0.6) is 0 Å². The van der Waals surface area contributed by atoms with E-state index in [9.17, 15) is 4.79 Å². The second-order valence-corrected chi connectivity index (χ2v) is 5.68. The second-order valence-electron chi connectivity index (χ2n) is 5.68. The lowest BCUT2D eigenvalue weighted by Gasteiger charge is -2.24. The summed E-state index contributed by atoms with van der Waals surface area (Å²) in [4.78, 5) is 18.0. The molecule has 0 aliphatic heterocycles. The molecule has 3 heteroatoms. The Kier molecular flexibility index (Phi) is 5.57. The van der Waals surface area contributed by atoms with Gasteiger partial charge in [0.2, 0.25) is 0 Å². The van der Waals surface area contributed by atoms with E-state index in [-0.39, 0.29) is 5.78 Å². The number of rotatable bonds is 8. The third-order valence-electron chi connectivity index (χ3n) is 4.38. The van der Waals surface area contributed by atoms with E-state index in [1.807, 2.05) is 30.5 Å². The Morgan fingerprint density at radius 3 is 2.57 bits per heavy atom. The van der Waals surface area contributed by atoms with Gasteiger partial charge in [-0.3, -0.25) is 9.69 Å². The summed E-state index contributed by atoms with van der Waals surface area (Å²) in [6.45, 7) is 9.02. The molecule has 3 nitrogen and oxygen atoms in total. The van der Waals surface area contributed by atoms with Crippen molar-refractivity contribution in [3.63, 3.8) is 0 Å². The highest BCUT2D eigenvalue weighted by Crippen LogP contribution is 2.19. The van der Waals surface area contributed by atoms with E-state index in [0.29, 0.717) is 12.5 Å². The topological polar surface area (TPSA) is 36.1 Å². The number of para-hydroxylation sites is 1. The predicted molar refractivity (Wildman–Crippen MR) is 88.8 cm³/mol. The van der Waals surface area contributed by atoms with Gasteiger partial charge in [0.15, 0.2) is 5.78 Å². The number of hydrogen-bond donors (Lipinski definition) is 1. The Hall–Kier alpha value is -1.61. The van der Waals surface area contributed by atoms with Gasteiger partial charge in [0.25, 0.3) is 0 Å². The van der Waals surface area contributed by atoms with Gasteiger partial charge in [-0.1, -0.05) is 51.8 Å². The van der Waals surface area contributed by atoms with Crippen LogP contribution in [0.2, 0.25) is 0 Å². The second kappa shape index (κ2) is 7.41. The van der Waals surface area contributed by atoms with Crippen LogP contribution < -0.4 is 0 Å². The lowest BCUT2D eigenvalue weighted by molar-refractivity contribution is 0.0922. The van der Waals surface area contributed by atoms with Crippen molar-refractivity contribution in [1.29, 1.82) is 0 Å². The number of aromatic amines is 1. The van der Waals surface area contributed by atoms with E-state index in [1.165, 1.54) is 12.8 Å². The molecule has 0 aliphatic rings. The molecule has 0 unspecified atom stereocenters. The number of nitrogens with one attached hydrogen (secondary N) is 1. The number of fused-ring (bicyclic) bond motifs is 1. The largest absolute Gasteiger partial charge is 0.360 e. The summed E-state index contributed by atoms with van der Waals surface area (Å²) in [6, 6.07) is 7.98. The number of nitrogens with zero attached hydrogens (tertiary/aromatic N) is 1. The van der Waals surface area contributed by atoms with Crippen molar-refractivity contribution in [3.8, 4) is 0 Å². The summed E-state index contributed by atoms with van der Waals surface area (Å²) in [6.07, 6.45) is 4.19. The molecule has 0 radical (unpaired) electrons. The third kappa shape index (κ3) is 3.73. The highest BCUT2D eigenvalue weighted by atomic mass is 16.1. The van der Waals surface area contributed by atoms with Crippen LogP contribution >= 0.6 is 0 Å². The lowest BCUT2D eigenvalue weighted by atomic mass is 10.0. The van der Waals surface area contributed by atoms with Gasteiger partial charge in [-0.15, -0.1) is 0 Å². The van der Waals surface area contributed by atoms with Crippen LogP contribution in [0.1, 0.15) is 44.0 Å². The van der Waals surface area contributed by atoms with Crippen LogP contribution in [-0.2, 0) is 0 Å². The summed E-state index contributed by atoms with van der Waals surface area (Å²) in [5.74, 6) is 0.890. The third-order valence-corrected chi connectivity index (χ3v) is 4.38. The maximum Gasteiger partial charge on any atom is 0.178 e. The van der Waals surface area contributed by atoms with E-state index in [2.05, 4.69) is 30.7 Å². The van der Waals surface area contributed by atoms with Crippen molar-refractivity contribution in [2.24, 2.45) is 5.92 Å². The first-order chi connectivity index (χ1) is 10.2. The monoisotopic (exact) mass is 286 g/mol. The number of likely N-dealkylation sites (N-methyl/N-ethyl adjacent to an activating group) is 1. The van der Waals surface area contributed by atoms with Crippen molar-refractivity contribution in [3.05, 3.63) is 36.0 Å². The molecular formula is C18H26N2O. The molecule has 1 aromatic carbocycles. The Bertz CT molecular complexity index is 584. The molecule has 0 amide bonds. The number of carbonyl (C=O) groups excluding carboxylic acids is 1. The van der Waals surface area contributed by atoms with Crippen LogP contribution in [0.15, 0.2) is 30.5 Å². The van der Waals surface area contributed by atoms with Gasteiger partial charge in [0.1, 0.15) is 0 Å². The number of H-pyrrole nitrogens is 1. The zero-order chi connectivity index (χ0) is 15.2. The number of hydrogen-bond acceptors (Lipinski definition) is 2. The van der Waals surface area contributed by atoms with Crippen molar-refractivity contribution in [2.45, 2.75) is 33.6 Å². The molecule has 0 saturated carbocycles. The Labute approximate surface area is 127 Å². The fourth-order valence-electron chi connectivity index (χ4n) is 2.81. The summed E-state index contributed by atoms with van der Waals surface area (Å²) >= 11 is 0. The fourth-order valence-corrected chi connectivity index (χ4v) is 2.81. The van der Waals surface area contributed by atoms with Gasteiger partial charge >= 0.3 is 0 Å². The lowest BCUT2D eigenvalue weighted by Crippen LogP contribution is -2.34. The van der Waals surface area contributed by atoms with E-state index >= 15 is 0 Å². The highest BCUT2D eigenvalue weighted by molar-refractivity contribution is 6.08. The molecule has 0 bridgehead atoms. The summed E-state index contributed by atoms with van der Waals surface area (Å²) in [7, 11) is 0. The Morgan fingerprint density at radius 1 is 1.19 bits per heavy atom. The molecule has 2 aromatic rings. The SMILES string of the molecule is CCC(CC)CN(CC)CC(=O)c1c[nH]c2ccccc12. The zero-order valence-corrected chi connectivity index (χ0v) is 13.4. The maximum absolute atomic E-state index is 12.6. The summed E-state index contributed by atoms with van der Waals surface area (Å²) in [5.41, 5.74) is 1.84. The molecule has 1 heterocycles. The molecule has 114 valence electrons. The number of aromatic nitrogens is 1. The molecule has 2 rings (SSSR count). The molecule has 0 aliphatic carbocycles. The van der Waals surface area contributed by atoms with Gasteiger partial charge in [-0.2, -0.15) is 0 Å². The fraction of sp³-hybridized carbons (Fsp3) is 0.500. The molecule has 0 saturated heterocycles. The predicted octanol–water partition coefficient (Wildman–Crippen LogP) is 4.11. The van der Waals surface area contributed by atoms with Crippen LogP contribution in [0.4, 0.5) is 0 Å². The average Bonchev–Trinajstić information content (AvgIpc) is 2.95. The van der Waals surface area contributed by atoms with Crippen LogP contribution in [0.3, 0.4) is 0 Å². The smallest absolute Gasteiger partial charge is 0.178 e. The van der Waals surface area contributed by atoms with Crippen LogP contribution in [0, 0.1) is 5.92 Å². The highest BCUT2D eigenvalue weighted by Gasteiger charge is 2.17. The van der Waals surface area contributed by atoms with Gasteiger partial charge in [-0.05, 0) is 18.5 Å².